The monoisotopic (exact) mass is 314 g/mol. The van der Waals surface area contributed by atoms with E-state index in [1.54, 1.807) is 23.3 Å². The van der Waals surface area contributed by atoms with Gasteiger partial charge in [0.1, 0.15) is 12.7 Å². The third-order valence-corrected chi connectivity index (χ3v) is 4.38. The SMILES string of the molecule is CC(CC(=O)Nc1ccc(-n2cncn2)nc1)C1CCNCC1. The average Bonchev–Trinajstić information content (AvgIpc) is 3.11. The third kappa shape index (κ3) is 4.13. The maximum atomic E-state index is 12.2. The van der Waals surface area contributed by atoms with Gasteiger partial charge in [-0.3, -0.25) is 4.79 Å². The molecule has 3 rings (SSSR count). The minimum absolute atomic E-state index is 0.0475. The number of anilines is 1. The summed E-state index contributed by atoms with van der Waals surface area (Å²) in [5, 5.41) is 10.3. The van der Waals surface area contributed by atoms with Crippen LogP contribution in [0.25, 0.3) is 5.82 Å². The summed E-state index contributed by atoms with van der Waals surface area (Å²) in [6.07, 6.45) is 7.55. The molecule has 0 bridgehead atoms. The molecule has 1 atom stereocenters. The van der Waals surface area contributed by atoms with Crippen LogP contribution in [0.15, 0.2) is 31.0 Å². The molecule has 1 saturated heterocycles. The minimum Gasteiger partial charge on any atom is -0.325 e. The molecule has 0 aromatic carbocycles. The van der Waals surface area contributed by atoms with E-state index in [1.165, 1.54) is 6.33 Å². The quantitative estimate of drug-likeness (QED) is 0.876. The molecule has 122 valence electrons. The van der Waals surface area contributed by atoms with E-state index in [-0.39, 0.29) is 5.91 Å². The molecule has 0 spiro atoms. The predicted molar refractivity (Wildman–Crippen MR) is 87.2 cm³/mol. The second-order valence-corrected chi connectivity index (χ2v) is 6.06. The third-order valence-electron chi connectivity index (χ3n) is 4.38. The van der Waals surface area contributed by atoms with Crippen LogP contribution in [0.1, 0.15) is 26.2 Å². The van der Waals surface area contributed by atoms with Crippen LogP contribution in [-0.2, 0) is 4.79 Å². The number of carbonyl (C=O) groups is 1. The van der Waals surface area contributed by atoms with Crippen molar-refractivity contribution in [3.05, 3.63) is 31.0 Å². The highest BCUT2D eigenvalue weighted by Crippen LogP contribution is 2.24. The molecule has 2 aromatic rings. The van der Waals surface area contributed by atoms with Gasteiger partial charge >= 0.3 is 0 Å². The Bertz CT molecular complexity index is 619. The molecule has 1 amide bonds. The maximum absolute atomic E-state index is 12.2. The summed E-state index contributed by atoms with van der Waals surface area (Å²) in [6.45, 7) is 4.29. The van der Waals surface area contributed by atoms with Gasteiger partial charge in [0.05, 0.1) is 11.9 Å². The van der Waals surface area contributed by atoms with Crippen molar-refractivity contribution in [2.45, 2.75) is 26.2 Å². The molecule has 1 aliphatic rings. The smallest absolute Gasteiger partial charge is 0.224 e. The van der Waals surface area contributed by atoms with E-state index in [1.807, 2.05) is 6.07 Å². The van der Waals surface area contributed by atoms with Gasteiger partial charge in [0.15, 0.2) is 5.82 Å². The van der Waals surface area contributed by atoms with Crippen molar-refractivity contribution in [2.75, 3.05) is 18.4 Å². The number of aromatic nitrogens is 4. The van der Waals surface area contributed by atoms with Crippen LogP contribution in [-0.4, -0.2) is 38.7 Å². The summed E-state index contributed by atoms with van der Waals surface area (Å²) in [6, 6.07) is 3.64. The second kappa shape index (κ2) is 7.32. The van der Waals surface area contributed by atoms with Gasteiger partial charge in [0.2, 0.25) is 5.91 Å². The lowest BCUT2D eigenvalue weighted by Gasteiger charge is -2.27. The molecule has 7 nitrogen and oxygen atoms in total. The van der Waals surface area contributed by atoms with Crippen LogP contribution in [0.2, 0.25) is 0 Å². The molecule has 23 heavy (non-hydrogen) atoms. The molecule has 0 radical (unpaired) electrons. The van der Waals surface area contributed by atoms with Crippen molar-refractivity contribution in [3.8, 4) is 5.82 Å². The normalized spacial score (nSPS) is 16.9. The summed E-state index contributed by atoms with van der Waals surface area (Å²) >= 11 is 0. The van der Waals surface area contributed by atoms with Crippen LogP contribution in [0, 0.1) is 11.8 Å². The number of pyridine rings is 1. The van der Waals surface area contributed by atoms with E-state index >= 15 is 0 Å². The average molecular weight is 314 g/mol. The van der Waals surface area contributed by atoms with Gasteiger partial charge in [-0.2, -0.15) is 5.10 Å². The molecule has 1 aliphatic heterocycles. The van der Waals surface area contributed by atoms with E-state index in [0.717, 1.165) is 25.9 Å². The molecule has 1 unspecified atom stereocenters. The first kappa shape index (κ1) is 15.6. The first-order chi connectivity index (χ1) is 11.2. The highest BCUT2D eigenvalue weighted by molar-refractivity contribution is 5.90. The fraction of sp³-hybridized carbons (Fsp3) is 0.500. The van der Waals surface area contributed by atoms with E-state index < -0.39 is 0 Å². The standard InChI is InChI=1S/C16H22N6O/c1-12(13-4-6-17-7-5-13)8-16(23)21-14-2-3-15(19-9-14)22-11-18-10-20-22/h2-3,9-13,17H,4-8H2,1H3,(H,21,23). The van der Waals surface area contributed by atoms with Crippen molar-refractivity contribution in [2.24, 2.45) is 11.8 Å². The van der Waals surface area contributed by atoms with Gasteiger partial charge in [-0.25, -0.2) is 14.6 Å². The Labute approximate surface area is 135 Å². The summed E-state index contributed by atoms with van der Waals surface area (Å²) < 4.78 is 1.57. The molecular weight excluding hydrogens is 292 g/mol. The van der Waals surface area contributed by atoms with Gasteiger partial charge in [-0.1, -0.05) is 6.92 Å². The van der Waals surface area contributed by atoms with Crippen LogP contribution in [0.3, 0.4) is 0 Å². The van der Waals surface area contributed by atoms with Crippen LogP contribution in [0.4, 0.5) is 5.69 Å². The van der Waals surface area contributed by atoms with Crippen molar-refractivity contribution in [1.82, 2.24) is 25.1 Å². The minimum atomic E-state index is 0.0475. The number of nitrogens with zero attached hydrogens (tertiary/aromatic N) is 4. The van der Waals surface area contributed by atoms with E-state index in [4.69, 9.17) is 0 Å². The fourth-order valence-electron chi connectivity index (χ4n) is 3.01. The molecule has 0 aliphatic carbocycles. The zero-order valence-electron chi connectivity index (χ0n) is 13.3. The van der Waals surface area contributed by atoms with E-state index in [0.29, 0.717) is 29.8 Å². The Morgan fingerprint density at radius 3 is 2.91 bits per heavy atom. The summed E-state index contributed by atoms with van der Waals surface area (Å²) in [7, 11) is 0. The van der Waals surface area contributed by atoms with Crippen molar-refractivity contribution < 1.29 is 4.79 Å². The summed E-state index contributed by atoms with van der Waals surface area (Å²) in [4.78, 5) is 20.4. The number of hydrogen-bond donors (Lipinski definition) is 2. The first-order valence-electron chi connectivity index (χ1n) is 8.04. The topological polar surface area (TPSA) is 84.7 Å². The lowest BCUT2D eigenvalue weighted by molar-refractivity contribution is -0.117. The molecule has 2 aromatic heterocycles. The van der Waals surface area contributed by atoms with Gasteiger partial charge in [-0.15, -0.1) is 0 Å². The number of amides is 1. The molecular formula is C16H22N6O. The van der Waals surface area contributed by atoms with E-state index in [2.05, 4.69) is 32.6 Å². The predicted octanol–water partition coefficient (Wildman–Crippen LogP) is 1.63. The van der Waals surface area contributed by atoms with Crippen molar-refractivity contribution >= 4 is 11.6 Å². The summed E-state index contributed by atoms with van der Waals surface area (Å²) in [5.41, 5.74) is 0.705. The van der Waals surface area contributed by atoms with Gasteiger partial charge < -0.3 is 10.6 Å². The number of hydrogen-bond acceptors (Lipinski definition) is 5. The number of nitrogens with one attached hydrogen (secondary N) is 2. The Morgan fingerprint density at radius 2 is 2.26 bits per heavy atom. The van der Waals surface area contributed by atoms with Gasteiger partial charge in [0, 0.05) is 6.42 Å². The molecule has 1 fully saturated rings. The lowest BCUT2D eigenvalue weighted by Crippen LogP contribution is -2.32. The molecule has 3 heterocycles. The number of carbonyl (C=O) groups excluding carboxylic acids is 1. The molecule has 0 saturated carbocycles. The Balaban J connectivity index is 1.53. The van der Waals surface area contributed by atoms with Gasteiger partial charge in [-0.05, 0) is 49.9 Å². The Morgan fingerprint density at radius 1 is 1.43 bits per heavy atom. The molecule has 7 heteroatoms. The summed E-state index contributed by atoms with van der Waals surface area (Å²) in [5.74, 6) is 1.75. The largest absolute Gasteiger partial charge is 0.325 e. The van der Waals surface area contributed by atoms with E-state index in [9.17, 15) is 4.79 Å². The van der Waals surface area contributed by atoms with Crippen molar-refractivity contribution in [3.63, 3.8) is 0 Å². The zero-order valence-corrected chi connectivity index (χ0v) is 13.3. The number of rotatable bonds is 5. The highest BCUT2D eigenvalue weighted by atomic mass is 16.1. The van der Waals surface area contributed by atoms with Crippen LogP contribution in [0.5, 0.6) is 0 Å². The van der Waals surface area contributed by atoms with Crippen LogP contribution >= 0.6 is 0 Å². The Hall–Kier alpha value is -2.28. The number of piperidine rings is 1. The van der Waals surface area contributed by atoms with Gasteiger partial charge in [0.25, 0.3) is 0 Å². The fourth-order valence-corrected chi connectivity index (χ4v) is 3.01. The Kier molecular flexibility index (Phi) is 4.97. The first-order valence-corrected chi connectivity index (χ1v) is 8.04. The lowest BCUT2D eigenvalue weighted by atomic mass is 9.84. The second-order valence-electron chi connectivity index (χ2n) is 6.06. The maximum Gasteiger partial charge on any atom is 0.224 e. The van der Waals surface area contributed by atoms with Crippen LogP contribution < -0.4 is 10.6 Å². The molecule has 2 N–H and O–H groups in total. The van der Waals surface area contributed by atoms with Crippen molar-refractivity contribution in [1.29, 1.82) is 0 Å². The highest BCUT2D eigenvalue weighted by Gasteiger charge is 2.22. The zero-order chi connectivity index (χ0) is 16.1.